The van der Waals surface area contributed by atoms with Crippen LogP contribution in [0.5, 0.6) is 0 Å². The van der Waals surface area contributed by atoms with E-state index in [4.69, 9.17) is 9.72 Å². The number of imidazole rings is 1. The fourth-order valence-electron chi connectivity index (χ4n) is 5.81. The number of H-pyrrole nitrogens is 1. The Bertz CT molecular complexity index is 1620. The minimum absolute atomic E-state index is 0.283. The van der Waals surface area contributed by atoms with E-state index in [1.165, 1.54) is 19.3 Å². The second kappa shape index (κ2) is 13.1. The molecule has 1 saturated heterocycles. The summed E-state index contributed by atoms with van der Waals surface area (Å²) in [4.78, 5) is 20.7. The summed E-state index contributed by atoms with van der Waals surface area (Å²) in [5, 5.41) is 14.4. The highest BCUT2D eigenvalue weighted by Gasteiger charge is 2.20. The Kier molecular flexibility index (Phi) is 8.65. The van der Waals surface area contributed by atoms with Crippen LogP contribution < -0.4 is 0 Å². The summed E-state index contributed by atoms with van der Waals surface area (Å²) in [5.41, 5.74) is 6.45. The molecule has 0 radical (unpaired) electrons. The van der Waals surface area contributed by atoms with Crippen molar-refractivity contribution in [3.8, 4) is 22.5 Å². The molecule has 0 amide bonds. The summed E-state index contributed by atoms with van der Waals surface area (Å²) >= 11 is 0. The van der Waals surface area contributed by atoms with E-state index in [-0.39, 0.29) is 5.97 Å². The topological polar surface area (TPSA) is 102 Å². The number of likely N-dealkylation sites (tertiary alicyclic amines) is 1. The van der Waals surface area contributed by atoms with E-state index in [1.807, 2.05) is 36.4 Å². The summed E-state index contributed by atoms with van der Waals surface area (Å²) in [5.74, 6) is 1.35. The molecule has 0 aliphatic carbocycles. The van der Waals surface area contributed by atoms with Crippen molar-refractivity contribution in [1.29, 1.82) is 0 Å². The molecule has 1 N–H and O–H groups in total. The highest BCUT2D eigenvalue weighted by molar-refractivity contribution is 6.02. The highest BCUT2D eigenvalue weighted by Crippen LogP contribution is 2.30. The van der Waals surface area contributed by atoms with Crippen LogP contribution >= 0.6 is 0 Å². The summed E-state index contributed by atoms with van der Waals surface area (Å²) in [7, 11) is 0. The second-order valence-corrected chi connectivity index (χ2v) is 10.9. The van der Waals surface area contributed by atoms with Gasteiger partial charge in [-0.1, -0.05) is 74.4 Å². The third kappa shape index (κ3) is 6.11. The molecule has 2 aromatic heterocycles. The molecular weight excluding hydrogens is 526 g/mol. The standard InChI is InChI=1S/C33H37N7O2/c1-2-3-14-30-34-29-13-9-12-28(33(41)42-22-21-39-19-7-4-8-20-39)31(29)40(30)23-24-15-17-25(18-16-24)26-10-5-6-11-27(26)32-35-37-38-36-32/h5-6,9-13,15-18H,2-4,7-8,14,19-23H2,1H3,(H,35,36,37,38). The molecule has 0 spiro atoms. The fourth-order valence-corrected chi connectivity index (χ4v) is 5.81. The van der Waals surface area contributed by atoms with Gasteiger partial charge >= 0.3 is 5.97 Å². The minimum atomic E-state index is -0.283. The predicted octanol–water partition coefficient (Wildman–Crippen LogP) is 5.92. The highest BCUT2D eigenvalue weighted by atomic mass is 16.5. The zero-order chi connectivity index (χ0) is 28.7. The normalized spacial score (nSPS) is 13.9. The van der Waals surface area contributed by atoms with Gasteiger partial charge in [0, 0.05) is 25.1 Å². The number of piperidine rings is 1. The molecule has 0 saturated carbocycles. The molecule has 42 heavy (non-hydrogen) atoms. The van der Waals surface area contributed by atoms with E-state index in [1.54, 1.807) is 0 Å². The number of carbonyl (C=O) groups is 1. The quantitative estimate of drug-likeness (QED) is 0.199. The number of unbranched alkanes of at least 4 members (excludes halogenated alkanes) is 1. The summed E-state index contributed by atoms with van der Waals surface area (Å²) < 4.78 is 8.01. The van der Waals surface area contributed by atoms with E-state index in [2.05, 4.69) is 67.3 Å². The van der Waals surface area contributed by atoms with Crippen LogP contribution in [0.2, 0.25) is 0 Å². The third-order valence-corrected chi connectivity index (χ3v) is 8.04. The lowest BCUT2D eigenvalue weighted by Gasteiger charge is -2.25. The number of rotatable bonds is 11. The number of nitrogens with zero attached hydrogens (tertiary/aromatic N) is 6. The number of para-hydroxylation sites is 1. The van der Waals surface area contributed by atoms with Crippen LogP contribution in [-0.4, -0.2) is 67.3 Å². The lowest BCUT2D eigenvalue weighted by molar-refractivity contribution is 0.0454. The molecular formula is C33H37N7O2. The number of aryl methyl sites for hydroxylation is 1. The Labute approximate surface area is 245 Å². The van der Waals surface area contributed by atoms with Crippen LogP contribution in [0.3, 0.4) is 0 Å². The molecule has 9 nitrogen and oxygen atoms in total. The van der Waals surface area contributed by atoms with Crippen molar-refractivity contribution in [2.45, 2.75) is 52.0 Å². The Morgan fingerprint density at radius 3 is 2.52 bits per heavy atom. The van der Waals surface area contributed by atoms with Gasteiger partial charge in [-0.25, -0.2) is 14.9 Å². The van der Waals surface area contributed by atoms with Gasteiger partial charge in [0.05, 0.1) is 16.6 Å². The molecule has 0 unspecified atom stereocenters. The zero-order valence-electron chi connectivity index (χ0n) is 24.1. The number of aromatic amines is 1. The van der Waals surface area contributed by atoms with Crippen LogP contribution in [0.15, 0.2) is 66.7 Å². The van der Waals surface area contributed by atoms with Gasteiger partial charge in [0.15, 0.2) is 5.82 Å². The molecule has 216 valence electrons. The number of benzene rings is 3. The molecule has 3 heterocycles. The van der Waals surface area contributed by atoms with Crippen molar-refractivity contribution in [3.05, 3.63) is 83.7 Å². The fraction of sp³-hybridized carbons (Fsp3) is 0.364. The summed E-state index contributed by atoms with van der Waals surface area (Å²) in [6, 6.07) is 22.4. The lowest BCUT2D eigenvalue weighted by Crippen LogP contribution is -2.33. The lowest BCUT2D eigenvalue weighted by atomic mass is 9.98. The average Bonchev–Trinajstić information content (AvgIpc) is 3.70. The van der Waals surface area contributed by atoms with Crippen molar-refractivity contribution in [2.24, 2.45) is 0 Å². The number of hydrogen-bond acceptors (Lipinski definition) is 7. The van der Waals surface area contributed by atoms with Crippen LogP contribution in [0.1, 0.15) is 60.8 Å². The van der Waals surface area contributed by atoms with E-state index in [9.17, 15) is 4.79 Å². The maximum absolute atomic E-state index is 13.4. The van der Waals surface area contributed by atoms with Gasteiger partial charge in [-0.3, -0.25) is 4.90 Å². The zero-order valence-corrected chi connectivity index (χ0v) is 24.1. The summed E-state index contributed by atoms with van der Waals surface area (Å²) in [6.45, 7) is 6.15. The van der Waals surface area contributed by atoms with Gasteiger partial charge in [-0.15, -0.1) is 5.10 Å². The number of esters is 1. The van der Waals surface area contributed by atoms with Crippen LogP contribution in [0.25, 0.3) is 33.5 Å². The van der Waals surface area contributed by atoms with Gasteiger partial charge in [0.2, 0.25) is 0 Å². The van der Waals surface area contributed by atoms with E-state index >= 15 is 0 Å². The Morgan fingerprint density at radius 2 is 1.76 bits per heavy atom. The largest absolute Gasteiger partial charge is 0.461 e. The van der Waals surface area contributed by atoms with E-state index in [0.29, 0.717) is 24.5 Å². The Balaban J connectivity index is 1.27. The second-order valence-electron chi connectivity index (χ2n) is 10.9. The first-order valence-corrected chi connectivity index (χ1v) is 15.0. The molecule has 3 aromatic carbocycles. The Hall–Kier alpha value is -4.37. The molecule has 5 aromatic rings. The molecule has 6 rings (SSSR count). The van der Waals surface area contributed by atoms with Gasteiger partial charge in [0.25, 0.3) is 0 Å². The smallest absolute Gasteiger partial charge is 0.340 e. The van der Waals surface area contributed by atoms with Gasteiger partial charge < -0.3 is 9.30 Å². The van der Waals surface area contributed by atoms with Crippen LogP contribution in [-0.2, 0) is 17.7 Å². The van der Waals surface area contributed by atoms with Crippen molar-refractivity contribution in [2.75, 3.05) is 26.2 Å². The van der Waals surface area contributed by atoms with Crippen molar-refractivity contribution in [3.63, 3.8) is 0 Å². The van der Waals surface area contributed by atoms with Crippen molar-refractivity contribution in [1.82, 2.24) is 35.1 Å². The molecule has 1 aliphatic heterocycles. The average molecular weight is 564 g/mol. The van der Waals surface area contributed by atoms with Crippen LogP contribution in [0, 0.1) is 0 Å². The minimum Gasteiger partial charge on any atom is -0.461 e. The van der Waals surface area contributed by atoms with Crippen molar-refractivity contribution < 1.29 is 9.53 Å². The maximum Gasteiger partial charge on any atom is 0.340 e. The van der Waals surface area contributed by atoms with Gasteiger partial charge in [0.1, 0.15) is 12.4 Å². The Morgan fingerprint density at radius 1 is 0.952 bits per heavy atom. The van der Waals surface area contributed by atoms with E-state index in [0.717, 1.165) is 78.0 Å². The first kappa shape index (κ1) is 27.8. The molecule has 1 fully saturated rings. The first-order valence-electron chi connectivity index (χ1n) is 15.0. The number of fused-ring (bicyclic) bond motifs is 1. The number of aromatic nitrogens is 6. The van der Waals surface area contributed by atoms with Gasteiger partial charge in [-0.2, -0.15) is 0 Å². The first-order chi connectivity index (χ1) is 20.7. The van der Waals surface area contributed by atoms with Gasteiger partial charge in [-0.05, 0) is 71.6 Å². The summed E-state index contributed by atoms with van der Waals surface area (Å²) in [6.07, 6.45) is 6.69. The monoisotopic (exact) mass is 563 g/mol. The third-order valence-electron chi connectivity index (χ3n) is 8.04. The molecule has 9 heteroatoms. The maximum atomic E-state index is 13.4. The molecule has 0 bridgehead atoms. The van der Waals surface area contributed by atoms with E-state index < -0.39 is 0 Å². The number of hydrogen-bond donors (Lipinski definition) is 1. The van der Waals surface area contributed by atoms with Crippen molar-refractivity contribution >= 4 is 17.0 Å². The number of ether oxygens (including phenoxy) is 1. The predicted molar refractivity (Wildman–Crippen MR) is 163 cm³/mol. The van der Waals surface area contributed by atoms with Crippen LogP contribution in [0.4, 0.5) is 0 Å². The molecule has 1 aliphatic rings. The SMILES string of the molecule is CCCCc1nc2cccc(C(=O)OCCN3CCCCC3)c2n1Cc1ccc(-c2ccccc2-c2nnn[nH]2)cc1. The number of carbonyl (C=O) groups excluding carboxylic acids is 1. The molecule has 0 atom stereocenters. The number of nitrogens with one attached hydrogen (secondary N) is 1. The number of tetrazole rings is 1.